The number of carboxylic acid groups (broad SMARTS) is 1. The first-order valence-corrected chi connectivity index (χ1v) is 9.52. The Kier molecular flexibility index (Phi) is 6.52. The Morgan fingerprint density at radius 1 is 1.06 bits per heavy atom. The molecule has 0 bridgehead atoms. The zero-order valence-electron chi connectivity index (χ0n) is 17.3. The van der Waals surface area contributed by atoms with Crippen molar-refractivity contribution in [3.05, 3.63) is 70.7 Å². The van der Waals surface area contributed by atoms with Crippen LogP contribution in [0.5, 0.6) is 17.5 Å². The summed E-state index contributed by atoms with van der Waals surface area (Å²) in [7, 11) is 0. The highest BCUT2D eigenvalue weighted by molar-refractivity contribution is 6.34. The van der Waals surface area contributed by atoms with Crippen molar-refractivity contribution in [2.45, 2.75) is 13.3 Å². The van der Waals surface area contributed by atoms with Crippen molar-refractivity contribution in [1.82, 2.24) is 16.1 Å². The van der Waals surface area contributed by atoms with E-state index in [1.54, 1.807) is 31.2 Å². The molecule has 0 amide bonds. The van der Waals surface area contributed by atoms with Crippen LogP contribution in [0.3, 0.4) is 0 Å². The summed E-state index contributed by atoms with van der Waals surface area (Å²) in [4.78, 5) is 18.5. The molecule has 1 aromatic heterocycles. The average Bonchev–Trinajstić information content (AvgIpc) is 3.09. The van der Waals surface area contributed by atoms with E-state index in [0.29, 0.717) is 32.7 Å². The van der Waals surface area contributed by atoms with Gasteiger partial charge < -0.3 is 30.5 Å². The van der Waals surface area contributed by atoms with Crippen LogP contribution in [0, 0.1) is 6.92 Å². The van der Waals surface area contributed by atoms with Gasteiger partial charge in [-0.3, -0.25) is 0 Å². The van der Waals surface area contributed by atoms with Crippen molar-refractivity contribution in [3.63, 3.8) is 0 Å². The summed E-state index contributed by atoms with van der Waals surface area (Å²) < 4.78 is 46.5. The van der Waals surface area contributed by atoms with Gasteiger partial charge in [0, 0.05) is 11.1 Å². The van der Waals surface area contributed by atoms with Gasteiger partial charge in [-0.25, -0.2) is 0 Å². The number of rotatable bonds is 5. The lowest BCUT2D eigenvalue weighted by Gasteiger charge is -2.10. The topological polar surface area (TPSA) is 124 Å². The Morgan fingerprint density at radius 3 is 2.36 bits per heavy atom. The molecular weight excluding hydrogens is 463 g/mol. The van der Waals surface area contributed by atoms with E-state index in [1.807, 2.05) is 0 Å². The number of hydrogen-bond donors (Lipinski definition) is 2. The summed E-state index contributed by atoms with van der Waals surface area (Å²) in [5, 5.41) is 11.5. The van der Waals surface area contributed by atoms with E-state index in [4.69, 9.17) is 16.3 Å². The number of ether oxygens (including phenoxy) is 2. The molecule has 0 spiro atoms. The quantitative estimate of drug-likeness (QED) is 0.384. The second-order valence-electron chi connectivity index (χ2n) is 6.83. The van der Waals surface area contributed by atoms with E-state index in [2.05, 4.69) is 14.7 Å². The summed E-state index contributed by atoms with van der Waals surface area (Å²) in [5.74, 6) is -1.41. The zero-order valence-corrected chi connectivity index (χ0v) is 18.0. The number of carboxylic acids is 1. The first kappa shape index (κ1) is 23.9. The van der Waals surface area contributed by atoms with Gasteiger partial charge in [0.05, 0.1) is 22.0 Å². The molecule has 3 aromatic carbocycles. The number of aryl methyl sites for hydroxylation is 1. The van der Waals surface area contributed by atoms with Crippen LogP contribution in [-0.4, -0.2) is 22.3 Å². The molecule has 0 saturated heterocycles. The van der Waals surface area contributed by atoms with E-state index < -0.39 is 12.3 Å². The fourth-order valence-electron chi connectivity index (χ4n) is 3.11. The predicted octanol–water partition coefficient (Wildman–Crippen LogP) is 5.62. The number of aromatic amines is 1. The molecular formula is C22H17ClF3N3O4. The number of nitrogens with zero attached hydrogens (tertiary/aromatic N) is 1. The highest BCUT2D eigenvalue weighted by atomic mass is 35.5. The molecule has 0 saturated carbocycles. The summed E-state index contributed by atoms with van der Waals surface area (Å²) in [6.07, 6.45) is -4.78. The number of carbonyl (C=O) groups excluding carboxylic acids is 1. The van der Waals surface area contributed by atoms with E-state index in [-0.39, 0.29) is 29.2 Å². The van der Waals surface area contributed by atoms with Gasteiger partial charge in [0.2, 0.25) is 0 Å². The first-order valence-electron chi connectivity index (χ1n) is 9.14. The summed E-state index contributed by atoms with van der Waals surface area (Å²) >= 11 is 6.35. The average molecular weight is 480 g/mol. The lowest BCUT2D eigenvalue weighted by atomic mass is 10.0. The largest absolute Gasteiger partial charge is 0.573 e. The van der Waals surface area contributed by atoms with Crippen LogP contribution in [0.1, 0.15) is 15.9 Å². The second-order valence-corrected chi connectivity index (χ2v) is 7.24. The Balaban J connectivity index is 0.00000306. The smallest absolute Gasteiger partial charge is 0.545 e. The van der Waals surface area contributed by atoms with Gasteiger partial charge >= 0.3 is 6.36 Å². The fourth-order valence-corrected chi connectivity index (χ4v) is 3.38. The Hall–Kier alpha value is -3.76. The van der Waals surface area contributed by atoms with Crippen LogP contribution in [0.4, 0.5) is 13.2 Å². The third-order valence-corrected chi connectivity index (χ3v) is 4.90. The SMILES string of the molecule is Cc1ccc(Oc2nc3cc(-c4ccc(OC(F)(F)F)cc4)c(Cl)cc3[nH]2)cc1C(=O)[O-].[NH4+]. The Bertz CT molecular complexity index is 1320. The second kappa shape index (κ2) is 9.00. The summed E-state index contributed by atoms with van der Waals surface area (Å²) in [6, 6.07) is 13.2. The van der Waals surface area contributed by atoms with Gasteiger partial charge in [0.25, 0.3) is 6.01 Å². The summed E-state index contributed by atoms with van der Waals surface area (Å²) in [5.41, 5.74) is 2.69. The third-order valence-electron chi connectivity index (χ3n) is 4.59. The number of imidazole rings is 1. The van der Waals surface area contributed by atoms with Gasteiger partial charge in [-0.05, 0) is 54.4 Å². The Morgan fingerprint density at radius 2 is 1.73 bits per heavy atom. The van der Waals surface area contributed by atoms with E-state index >= 15 is 0 Å². The summed E-state index contributed by atoms with van der Waals surface area (Å²) in [6.45, 7) is 1.64. The molecule has 172 valence electrons. The number of nitrogens with one attached hydrogen (secondary N) is 1. The van der Waals surface area contributed by atoms with Crippen LogP contribution in [-0.2, 0) is 0 Å². The van der Waals surface area contributed by atoms with Gasteiger partial charge in [0.1, 0.15) is 11.5 Å². The van der Waals surface area contributed by atoms with Crippen LogP contribution in [0.25, 0.3) is 22.2 Å². The molecule has 0 aliphatic rings. The van der Waals surface area contributed by atoms with Crippen LogP contribution < -0.4 is 20.7 Å². The van der Waals surface area contributed by atoms with Crippen molar-refractivity contribution in [1.29, 1.82) is 0 Å². The van der Waals surface area contributed by atoms with Crippen molar-refractivity contribution >= 4 is 28.6 Å². The number of aromatic carboxylic acids is 1. The molecule has 4 aromatic rings. The predicted molar refractivity (Wildman–Crippen MR) is 115 cm³/mol. The molecule has 0 aliphatic carbocycles. The van der Waals surface area contributed by atoms with Gasteiger partial charge in [-0.1, -0.05) is 29.8 Å². The number of aromatic nitrogens is 2. The van der Waals surface area contributed by atoms with Gasteiger partial charge in [0.15, 0.2) is 0 Å². The maximum atomic E-state index is 12.3. The Labute approximate surface area is 190 Å². The monoisotopic (exact) mass is 479 g/mol. The highest BCUT2D eigenvalue weighted by Gasteiger charge is 2.31. The number of carbonyl (C=O) groups is 1. The number of fused-ring (bicyclic) bond motifs is 1. The molecule has 1 heterocycles. The normalized spacial score (nSPS) is 11.2. The van der Waals surface area contributed by atoms with Gasteiger partial charge in [-0.2, -0.15) is 4.98 Å². The maximum Gasteiger partial charge on any atom is 0.573 e. The zero-order chi connectivity index (χ0) is 23.0. The number of alkyl halides is 3. The van der Waals surface area contributed by atoms with Crippen LogP contribution in [0.2, 0.25) is 5.02 Å². The fraction of sp³-hybridized carbons (Fsp3) is 0.0909. The van der Waals surface area contributed by atoms with Crippen molar-refractivity contribution < 1.29 is 32.5 Å². The molecule has 0 aliphatic heterocycles. The molecule has 0 atom stereocenters. The van der Waals surface area contributed by atoms with E-state index in [0.717, 1.165) is 0 Å². The van der Waals surface area contributed by atoms with Crippen molar-refractivity contribution in [3.8, 4) is 28.6 Å². The molecule has 4 rings (SSSR count). The molecule has 11 heteroatoms. The lowest BCUT2D eigenvalue weighted by Crippen LogP contribution is -2.23. The molecule has 0 unspecified atom stereocenters. The minimum atomic E-state index is -4.78. The van der Waals surface area contributed by atoms with Crippen LogP contribution in [0.15, 0.2) is 54.6 Å². The molecule has 5 N–H and O–H groups in total. The van der Waals surface area contributed by atoms with E-state index in [1.165, 1.54) is 30.3 Å². The molecule has 0 fully saturated rings. The molecule has 7 nitrogen and oxygen atoms in total. The number of H-pyrrole nitrogens is 1. The number of hydrogen-bond acceptors (Lipinski definition) is 5. The van der Waals surface area contributed by atoms with Crippen molar-refractivity contribution in [2.75, 3.05) is 0 Å². The number of benzene rings is 3. The van der Waals surface area contributed by atoms with Crippen LogP contribution >= 0.6 is 11.6 Å². The highest BCUT2D eigenvalue weighted by Crippen LogP contribution is 2.34. The van der Waals surface area contributed by atoms with Crippen molar-refractivity contribution in [2.24, 2.45) is 0 Å². The van der Waals surface area contributed by atoms with Gasteiger partial charge in [-0.15, -0.1) is 13.2 Å². The third kappa shape index (κ3) is 5.36. The first-order chi connectivity index (χ1) is 15.1. The minimum Gasteiger partial charge on any atom is -0.545 e. The number of quaternary nitrogens is 1. The molecule has 33 heavy (non-hydrogen) atoms. The lowest BCUT2D eigenvalue weighted by molar-refractivity contribution is -0.274. The molecule has 0 radical (unpaired) electrons. The van der Waals surface area contributed by atoms with E-state index in [9.17, 15) is 23.1 Å². The standard InChI is InChI=1S/C22H14ClF3N2O4.H3N/c1-11-2-5-14(8-15(11)20(29)30)31-21-27-18-9-16(17(23)10-19(18)28-21)12-3-6-13(7-4-12)32-22(24,25)26;/h2-10H,1H3,(H,27,28)(H,29,30);1H3. The number of halogens is 4. The maximum absolute atomic E-state index is 12.3. The minimum absolute atomic E-state index is 0.